The second-order valence-corrected chi connectivity index (χ2v) is 10.2. The molecule has 194 valence electrons. The molecule has 0 aliphatic carbocycles. The molecule has 1 heterocycles. The summed E-state index contributed by atoms with van der Waals surface area (Å²) in [6, 6.07) is 21.3. The van der Waals surface area contributed by atoms with E-state index < -0.39 is 0 Å². The second-order valence-electron chi connectivity index (χ2n) is 9.35. The molecule has 37 heavy (non-hydrogen) atoms. The fraction of sp³-hybridized carbons (Fsp3) is 0.310. The summed E-state index contributed by atoms with van der Waals surface area (Å²) in [5.41, 5.74) is 2.26. The van der Waals surface area contributed by atoms with Crippen LogP contribution in [-0.4, -0.2) is 40.0 Å². The normalized spacial score (nSPS) is 12.2. The molecule has 4 rings (SSSR count). The maximum Gasteiger partial charge on any atom is 0.223 e. The van der Waals surface area contributed by atoms with Crippen molar-refractivity contribution in [2.45, 2.75) is 39.2 Å². The topological polar surface area (TPSA) is 76.4 Å². The molecule has 0 spiro atoms. The van der Waals surface area contributed by atoms with E-state index >= 15 is 0 Å². The van der Waals surface area contributed by atoms with Gasteiger partial charge in [0.2, 0.25) is 11.8 Å². The first-order valence-corrected chi connectivity index (χ1v) is 13.2. The zero-order valence-corrected chi connectivity index (χ0v) is 22.5. The number of ether oxygens (including phenoxy) is 1. The van der Waals surface area contributed by atoms with Gasteiger partial charge in [0, 0.05) is 34.3 Å². The Balaban J connectivity index is 1.56. The molecule has 1 atom stereocenters. The lowest BCUT2D eigenvalue weighted by Gasteiger charge is -2.22. The van der Waals surface area contributed by atoms with Crippen LogP contribution in [0.3, 0.4) is 0 Å². The lowest BCUT2D eigenvalue weighted by molar-refractivity contribution is -0.122. The van der Waals surface area contributed by atoms with E-state index in [-0.39, 0.29) is 37.5 Å². The average molecular weight is 540 g/mol. The molecule has 4 aromatic rings. The van der Waals surface area contributed by atoms with Crippen LogP contribution in [0.25, 0.3) is 27.7 Å². The van der Waals surface area contributed by atoms with Gasteiger partial charge in [-0.1, -0.05) is 67.4 Å². The third kappa shape index (κ3) is 7.04. The maximum absolute atomic E-state index is 12.6. The monoisotopic (exact) mass is 539 g/mol. The van der Waals surface area contributed by atoms with Crippen molar-refractivity contribution in [3.05, 3.63) is 76.8 Å². The molecule has 0 aliphatic heterocycles. The van der Waals surface area contributed by atoms with Crippen LogP contribution >= 0.6 is 23.2 Å². The number of nitrogens with one attached hydrogen (secondary N) is 1. The van der Waals surface area contributed by atoms with Crippen LogP contribution in [0.2, 0.25) is 10.0 Å². The first-order valence-electron chi connectivity index (χ1n) is 12.4. The van der Waals surface area contributed by atoms with E-state index in [2.05, 4.69) is 25.2 Å². The highest BCUT2D eigenvalue weighted by Gasteiger charge is 2.17. The molecule has 1 amide bonds. The van der Waals surface area contributed by atoms with E-state index in [0.717, 1.165) is 28.4 Å². The fourth-order valence-electron chi connectivity index (χ4n) is 4.21. The molecule has 0 aliphatic rings. The minimum atomic E-state index is -0.0877. The number of benzene rings is 3. The van der Waals surface area contributed by atoms with Crippen LogP contribution in [0, 0.1) is 5.92 Å². The standard InChI is InChI=1S/C29H31Cl2N3O3/c1-19(2)26(8-5-12-35)32-28(36)11-13-37-29-18-27(22-14-23(30)17-24(31)15-22)33-34(29)25-10-9-20-6-3-4-7-21(20)16-25/h3-4,6-7,9-10,14-19,26,35H,5,8,11-13H2,1-2H3,(H,32,36). The van der Waals surface area contributed by atoms with E-state index in [0.29, 0.717) is 28.0 Å². The van der Waals surface area contributed by atoms with E-state index in [9.17, 15) is 4.79 Å². The van der Waals surface area contributed by atoms with E-state index in [1.54, 1.807) is 22.9 Å². The first kappa shape index (κ1) is 27.0. The smallest absolute Gasteiger partial charge is 0.223 e. The molecule has 3 aromatic carbocycles. The number of aliphatic hydroxyl groups is 1. The molecule has 0 bridgehead atoms. The highest BCUT2D eigenvalue weighted by atomic mass is 35.5. The third-order valence-corrected chi connectivity index (χ3v) is 6.65. The number of amides is 1. The van der Waals surface area contributed by atoms with Gasteiger partial charge in [-0.2, -0.15) is 5.10 Å². The molecule has 0 saturated carbocycles. The third-order valence-electron chi connectivity index (χ3n) is 6.22. The van der Waals surface area contributed by atoms with Crippen LogP contribution < -0.4 is 10.1 Å². The van der Waals surface area contributed by atoms with Gasteiger partial charge in [-0.05, 0) is 59.9 Å². The summed E-state index contributed by atoms with van der Waals surface area (Å²) in [6.07, 6.45) is 1.59. The van der Waals surface area contributed by atoms with Gasteiger partial charge in [0.1, 0.15) is 0 Å². The van der Waals surface area contributed by atoms with Crippen molar-refractivity contribution >= 4 is 39.9 Å². The minimum Gasteiger partial charge on any atom is -0.477 e. The zero-order chi connectivity index (χ0) is 26.4. The molecular weight excluding hydrogens is 509 g/mol. The van der Waals surface area contributed by atoms with E-state index in [1.807, 2.05) is 42.5 Å². The number of nitrogens with zero attached hydrogens (tertiary/aromatic N) is 2. The van der Waals surface area contributed by atoms with Crippen LogP contribution in [0.5, 0.6) is 5.88 Å². The van der Waals surface area contributed by atoms with Crippen LogP contribution in [0.1, 0.15) is 33.1 Å². The predicted molar refractivity (Wildman–Crippen MR) is 150 cm³/mol. The van der Waals surface area contributed by atoms with Crippen molar-refractivity contribution in [2.24, 2.45) is 5.92 Å². The van der Waals surface area contributed by atoms with Gasteiger partial charge in [-0.25, -0.2) is 4.68 Å². The highest BCUT2D eigenvalue weighted by Crippen LogP contribution is 2.31. The summed E-state index contributed by atoms with van der Waals surface area (Å²) in [6.45, 7) is 4.42. The number of hydrogen-bond donors (Lipinski definition) is 2. The number of aliphatic hydroxyl groups excluding tert-OH is 1. The summed E-state index contributed by atoms with van der Waals surface area (Å²) in [7, 11) is 0. The molecular formula is C29H31Cl2N3O3. The average Bonchev–Trinajstić information content (AvgIpc) is 3.29. The van der Waals surface area contributed by atoms with Gasteiger partial charge < -0.3 is 15.2 Å². The number of rotatable bonds is 11. The molecule has 0 fully saturated rings. The van der Waals surface area contributed by atoms with Crippen molar-refractivity contribution in [3.63, 3.8) is 0 Å². The quantitative estimate of drug-likeness (QED) is 0.223. The van der Waals surface area contributed by atoms with Crippen molar-refractivity contribution in [1.29, 1.82) is 0 Å². The number of carbonyl (C=O) groups excluding carboxylic acids is 1. The molecule has 1 aromatic heterocycles. The van der Waals surface area contributed by atoms with Crippen LogP contribution in [0.15, 0.2) is 66.7 Å². The van der Waals surface area contributed by atoms with Gasteiger partial charge in [0.05, 0.1) is 24.4 Å². The number of fused-ring (bicyclic) bond motifs is 1. The number of carbonyl (C=O) groups is 1. The Kier molecular flexibility index (Phi) is 9.09. The Hall–Kier alpha value is -3.06. The fourth-order valence-corrected chi connectivity index (χ4v) is 4.74. The summed E-state index contributed by atoms with van der Waals surface area (Å²) >= 11 is 12.5. The predicted octanol–water partition coefficient (Wildman–Crippen LogP) is 6.68. The number of aromatic nitrogens is 2. The van der Waals surface area contributed by atoms with Crippen molar-refractivity contribution < 1.29 is 14.6 Å². The Bertz CT molecular complexity index is 1350. The summed E-state index contributed by atoms with van der Waals surface area (Å²) < 4.78 is 7.82. The lowest BCUT2D eigenvalue weighted by atomic mass is 9.99. The van der Waals surface area contributed by atoms with Gasteiger partial charge in [0.25, 0.3) is 0 Å². The van der Waals surface area contributed by atoms with Crippen molar-refractivity contribution in [2.75, 3.05) is 13.2 Å². The largest absolute Gasteiger partial charge is 0.477 e. The van der Waals surface area contributed by atoms with Crippen LogP contribution in [-0.2, 0) is 4.79 Å². The molecule has 1 unspecified atom stereocenters. The zero-order valence-electron chi connectivity index (χ0n) is 21.0. The maximum atomic E-state index is 12.6. The molecule has 0 saturated heterocycles. The summed E-state index contributed by atoms with van der Waals surface area (Å²) in [4.78, 5) is 12.6. The molecule has 8 heteroatoms. The summed E-state index contributed by atoms with van der Waals surface area (Å²) in [5.74, 6) is 0.697. The van der Waals surface area contributed by atoms with Gasteiger partial charge in [-0.3, -0.25) is 4.79 Å². The van der Waals surface area contributed by atoms with Gasteiger partial charge >= 0.3 is 0 Å². The first-order chi connectivity index (χ1) is 17.8. The molecule has 2 N–H and O–H groups in total. The Morgan fingerprint density at radius 3 is 2.46 bits per heavy atom. The Morgan fingerprint density at radius 2 is 1.76 bits per heavy atom. The second kappa shape index (κ2) is 12.5. The van der Waals surface area contributed by atoms with E-state index in [4.69, 9.17) is 38.1 Å². The molecule has 6 nitrogen and oxygen atoms in total. The van der Waals surface area contributed by atoms with Gasteiger partial charge in [-0.15, -0.1) is 0 Å². The number of hydrogen-bond acceptors (Lipinski definition) is 4. The summed E-state index contributed by atoms with van der Waals surface area (Å²) in [5, 5.41) is 20.2. The Labute approximate surface area is 227 Å². The Morgan fingerprint density at radius 1 is 1.03 bits per heavy atom. The van der Waals surface area contributed by atoms with E-state index in [1.165, 1.54) is 0 Å². The minimum absolute atomic E-state index is 0.0157. The van der Waals surface area contributed by atoms with Crippen molar-refractivity contribution in [3.8, 4) is 22.8 Å². The van der Waals surface area contributed by atoms with Crippen molar-refractivity contribution in [1.82, 2.24) is 15.1 Å². The SMILES string of the molecule is CC(C)C(CCCO)NC(=O)CCOc1cc(-c2cc(Cl)cc(Cl)c2)nn1-c1ccc2ccccc2c1. The highest BCUT2D eigenvalue weighted by molar-refractivity contribution is 6.35. The number of halogens is 2. The van der Waals surface area contributed by atoms with Crippen LogP contribution in [0.4, 0.5) is 0 Å². The lowest BCUT2D eigenvalue weighted by Crippen LogP contribution is -2.39. The molecule has 0 radical (unpaired) electrons. The van der Waals surface area contributed by atoms with Gasteiger partial charge in [0.15, 0.2) is 0 Å².